The summed E-state index contributed by atoms with van der Waals surface area (Å²) in [7, 11) is 9.01. The molecule has 1 aliphatic carbocycles. The van der Waals surface area contributed by atoms with Crippen LogP contribution in [0.15, 0.2) is 49.1 Å². The maximum Gasteiger partial charge on any atom is 0.242 e. The van der Waals surface area contributed by atoms with Crippen molar-refractivity contribution in [2.24, 2.45) is 0 Å². The molecule has 0 bridgehead atoms. The van der Waals surface area contributed by atoms with E-state index >= 15 is 0 Å². The fourth-order valence-electron chi connectivity index (χ4n) is 7.05. The number of carbonyl (C=O) groups is 5. The SMILES string of the molecule is CN1CCC(n2cc(-c3cnn4c(C=O)cnc4c3)cn2)CC1.CNC(=O)C(CCC=O)N(C)c1ccc(CCCCCCCC=O)cc1N(C)C=O.CN[C@@H]1C[C@@H]1F. The number of hydrogen-bond acceptors (Lipinski definition) is 11. The number of aryl methyl sites for hydroxylation is 1. The summed E-state index contributed by atoms with van der Waals surface area (Å²) in [5.74, 6) is -0.169. The van der Waals surface area contributed by atoms with Crippen molar-refractivity contribution >= 4 is 48.2 Å². The van der Waals surface area contributed by atoms with Crippen LogP contribution in [0.5, 0.6) is 0 Å². The number of imidazole rings is 1. The van der Waals surface area contributed by atoms with Crippen LogP contribution in [0.3, 0.4) is 0 Å². The Hall–Kier alpha value is -5.35. The molecule has 2 aliphatic rings. The lowest BCUT2D eigenvalue weighted by Crippen LogP contribution is -2.44. The first-order valence-corrected chi connectivity index (χ1v) is 20.5. The van der Waals surface area contributed by atoms with Crippen LogP contribution in [-0.2, 0) is 25.6 Å². The predicted molar refractivity (Wildman–Crippen MR) is 228 cm³/mol. The Bertz CT molecular complexity index is 1940. The molecule has 3 atom stereocenters. The number of nitrogens with one attached hydrogen (secondary N) is 2. The molecule has 16 heteroatoms. The highest BCUT2D eigenvalue weighted by Gasteiger charge is 2.35. The summed E-state index contributed by atoms with van der Waals surface area (Å²) >= 11 is 0. The average molecular weight is 817 g/mol. The molecule has 1 aromatic carbocycles. The minimum Gasteiger partial charge on any atom is -0.361 e. The number of aldehydes is 3. The van der Waals surface area contributed by atoms with Crippen molar-refractivity contribution in [2.75, 3.05) is 58.1 Å². The molecule has 0 spiro atoms. The second kappa shape index (κ2) is 23.9. The van der Waals surface area contributed by atoms with Gasteiger partial charge >= 0.3 is 0 Å². The number of anilines is 2. The first-order valence-electron chi connectivity index (χ1n) is 20.5. The summed E-state index contributed by atoms with van der Waals surface area (Å²) in [6.07, 6.45) is 20.4. The zero-order valence-corrected chi connectivity index (χ0v) is 35.1. The number of rotatable bonds is 20. The standard InChI is InChI=1S/C23H35N3O4.C16H18N6O.C4H8FN/c1-24-23(30)21(12-10-16-28)26(3)20-14-13-19(17-22(20)25(2)18-29)11-8-6-4-5-7-9-15-27;1-20-4-2-14(3-5-20)21-10-13(8-18-21)12-6-16-17-9-15(11-23)22(16)19-7-12;1-6-4-2-3(4)5/h13-18,21H,4-12H2,1-3H3,(H,24,30);6-11,14H,2-5H2,1H3;3-4,6H,2H2,1H3/t;;3-,4+/m..0/s1. The molecule has 2 fully saturated rings. The van der Waals surface area contributed by atoms with Crippen LogP contribution in [0.1, 0.15) is 92.7 Å². The number of carbonyl (C=O) groups excluding carboxylic acids is 5. The molecular formula is C43H61FN10O5. The number of benzene rings is 1. The number of halogens is 1. The number of unbranched alkanes of at least 4 members (excludes halogenated alkanes) is 5. The molecule has 15 nitrogen and oxygen atoms in total. The molecule has 4 heterocycles. The van der Waals surface area contributed by atoms with Gasteiger partial charge in [0.1, 0.15) is 30.5 Å². The van der Waals surface area contributed by atoms with Gasteiger partial charge in [-0.2, -0.15) is 10.2 Å². The Morgan fingerprint density at radius 3 is 2.24 bits per heavy atom. The quantitative estimate of drug-likeness (QED) is 0.0923. The first kappa shape index (κ1) is 46.3. The van der Waals surface area contributed by atoms with Crippen molar-refractivity contribution in [3.8, 4) is 11.1 Å². The Labute approximate surface area is 346 Å². The van der Waals surface area contributed by atoms with Crippen molar-refractivity contribution in [1.29, 1.82) is 0 Å². The fraction of sp³-hybridized carbons (Fsp3) is 0.535. The van der Waals surface area contributed by atoms with Gasteiger partial charge in [-0.05, 0) is 95.9 Å². The molecule has 1 unspecified atom stereocenters. The normalized spacial score (nSPS) is 16.8. The van der Waals surface area contributed by atoms with Gasteiger partial charge in [0.15, 0.2) is 11.9 Å². The highest BCUT2D eigenvalue weighted by atomic mass is 19.1. The number of alkyl halides is 1. The first-order chi connectivity index (χ1) is 28.6. The molecule has 1 saturated carbocycles. The molecule has 320 valence electrons. The zero-order chi connectivity index (χ0) is 42.7. The van der Waals surface area contributed by atoms with Crippen LogP contribution in [0.4, 0.5) is 15.8 Å². The number of nitrogens with zero attached hydrogens (tertiary/aromatic N) is 8. The van der Waals surface area contributed by atoms with E-state index in [2.05, 4.69) is 48.6 Å². The second-order valence-corrected chi connectivity index (χ2v) is 15.2. The minimum absolute atomic E-state index is 0.169. The summed E-state index contributed by atoms with van der Waals surface area (Å²) in [6, 6.07) is 8.03. The van der Waals surface area contributed by atoms with Crippen LogP contribution in [0, 0.1) is 0 Å². The number of amides is 2. The van der Waals surface area contributed by atoms with Gasteiger partial charge in [0, 0.05) is 57.4 Å². The van der Waals surface area contributed by atoms with E-state index in [-0.39, 0.29) is 18.4 Å². The van der Waals surface area contributed by atoms with Gasteiger partial charge in [0.2, 0.25) is 12.3 Å². The molecule has 2 amide bonds. The van der Waals surface area contributed by atoms with Crippen molar-refractivity contribution in [2.45, 2.75) is 101 Å². The van der Waals surface area contributed by atoms with Crippen molar-refractivity contribution in [3.63, 3.8) is 0 Å². The summed E-state index contributed by atoms with van der Waals surface area (Å²) in [4.78, 5) is 65.8. The summed E-state index contributed by atoms with van der Waals surface area (Å²) in [6.45, 7) is 2.21. The van der Waals surface area contributed by atoms with Crippen LogP contribution in [-0.4, -0.2) is 127 Å². The summed E-state index contributed by atoms with van der Waals surface area (Å²) < 4.78 is 15.3. The smallest absolute Gasteiger partial charge is 0.242 e. The number of piperidine rings is 1. The minimum atomic E-state index is -0.546. The van der Waals surface area contributed by atoms with Crippen molar-refractivity contribution in [3.05, 3.63) is 60.3 Å². The third-order valence-electron chi connectivity index (χ3n) is 10.9. The topological polar surface area (TPSA) is 167 Å². The molecule has 2 N–H and O–H groups in total. The van der Waals surface area contributed by atoms with Gasteiger partial charge in [0.25, 0.3) is 0 Å². The molecule has 3 aromatic heterocycles. The van der Waals surface area contributed by atoms with E-state index in [1.165, 1.54) is 15.6 Å². The lowest BCUT2D eigenvalue weighted by molar-refractivity contribution is -0.122. The number of hydrogen-bond donors (Lipinski definition) is 2. The Morgan fingerprint density at radius 2 is 1.61 bits per heavy atom. The fourth-order valence-corrected chi connectivity index (χ4v) is 7.05. The molecule has 59 heavy (non-hydrogen) atoms. The monoisotopic (exact) mass is 816 g/mol. The highest BCUT2D eigenvalue weighted by molar-refractivity contribution is 5.89. The number of fused-ring (bicyclic) bond motifs is 1. The largest absolute Gasteiger partial charge is 0.361 e. The number of likely N-dealkylation sites (N-methyl/N-ethyl adjacent to an activating group) is 2. The highest BCUT2D eigenvalue weighted by Crippen LogP contribution is 2.32. The van der Waals surface area contributed by atoms with Crippen LogP contribution < -0.4 is 20.4 Å². The molecule has 4 aromatic rings. The Kier molecular flexibility index (Phi) is 18.8. The van der Waals surface area contributed by atoms with Crippen LogP contribution in [0.25, 0.3) is 16.8 Å². The van der Waals surface area contributed by atoms with E-state index in [4.69, 9.17) is 0 Å². The molecular weight excluding hydrogens is 756 g/mol. The van der Waals surface area contributed by atoms with Crippen molar-refractivity contribution < 1.29 is 28.4 Å². The van der Waals surface area contributed by atoms with E-state index in [9.17, 15) is 28.4 Å². The van der Waals surface area contributed by atoms with Gasteiger partial charge in [-0.25, -0.2) is 13.9 Å². The zero-order valence-electron chi connectivity index (χ0n) is 35.1. The average Bonchev–Trinajstić information content (AvgIpc) is 3.57. The lowest BCUT2D eigenvalue weighted by atomic mass is 10.0. The third kappa shape index (κ3) is 13.6. The number of likely N-dealkylation sites (tertiary alicyclic amines) is 1. The van der Waals surface area contributed by atoms with Crippen molar-refractivity contribution in [1.82, 2.24) is 39.9 Å². The predicted octanol–water partition coefficient (Wildman–Crippen LogP) is 4.88. The van der Waals surface area contributed by atoms with Crippen LogP contribution in [0.2, 0.25) is 0 Å². The van der Waals surface area contributed by atoms with E-state index in [0.717, 1.165) is 124 Å². The van der Waals surface area contributed by atoms with Gasteiger partial charge in [-0.15, -0.1) is 0 Å². The molecule has 0 radical (unpaired) electrons. The van der Waals surface area contributed by atoms with E-state index in [0.29, 0.717) is 30.2 Å². The second-order valence-electron chi connectivity index (χ2n) is 15.2. The van der Waals surface area contributed by atoms with E-state index in [1.54, 1.807) is 34.4 Å². The van der Waals surface area contributed by atoms with E-state index in [1.807, 2.05) is 35.4 Å². The third-order valence-corrected chi connectivity index (χ3v) is 10.9. The molecule has 1 aliphatic heterocycles. The van der Waals surface area contributed by atoms with E-state index < -0.39 is 12.2 Å². The molecule has 1 saturated heterocycles. The summed E-state index contributed by atoms with van der Waals surface area (Å²) in [5, 5.41) is 14.3. The van der Waals surface area contributed by atoms with Gasteiger partial charge in [-0.1, -0.05) is 25.3 Å². The maximum absolute atomic E-state index is 12.3. The van der Waals surface area contributed by atoms with Gasteiger partial charge < -0.3 is 34.9 Å². The maximum atomic E-state index is 12.3. The van der Waals surface area contributed by atoms with Crippen LogP contribution >= 0.6 is 0 Å². The van der Waals surface area contributed by atoms with Gasteiger partial charge in [0.05, 0.1) is 36.0 Å². The Morgan fingerprint density at radius 1 is 0.915 bits per heavy atom. The number of aromatic nitrogens is 5. The Balaban J connectivity index is 0.000000232. The molecule has 6 rings (SSSR count). The summed E-state index contributed by atoms with van der Waals surface area (Å²) in [5.41, 5.74) is 5.73. The lowest BCUT2D eigenvalue weighted by Gasteiger charge is -2.31. The van der Waals surface area contributed by atoms with Gasteiger partial charge in [-0.3, -0.25) is 19.1 Å².